The monoisotopic (exact) mass is 473 g/mol. The molecule has 0 bridgehead atoms. The van der Waals surface area contributed by atoms with Gasteiger partial charge in [-0.3, -0.25) is 18.7 Å². The number of nitrogens with zero attached hydrogens (tertiary/aromatic N) is 7. The number of hydrogen-bond acceptors (Lipinski definition) is 8. The lowest BCUT2D eigenvalue weighted by atomic mass is 10.1. The Morgan fingerprint density at radius 1 is 1.24 bits per heavy atom. The van der Waals surface area contributed by atoms with Crippen LogP contribution in [0.4, 0.5) is 0 Å². The molecule has 10 nitrogen and oxygen atoms in total. The summed E-state index contributed by atoms with van der Waals surface area (Å²) in [6.45, 7) is 0.136. The SMILES string of the molecule is COC1(c2nc(-c3ncn4c3c(=O)n(Cc3ccccn3)c3c(C#N)c(Cl)ccc34)no2)CC1. The van der Waals surface area contributed by atoms with Gasteiger partial charge < -0.3 is 9.26 Å². The Morgan fingerprint density at radius 3 is 2.79 bits per heavy atom. The van der Waals surface area contributed by atoms with Crippen molar-refractivity contribution < 1.29 is 9.26 Å². The maximum atomic E-state index is 13.9. The largest absolute Gasteiger partial charge is 0.368 e. The molecule has 1 aliphatic rings. The Bertz CT molecular complexity index is 1680. The zero-order valence-electron chi connectivity index (χ0n) is 17.9. The maximum Gasteiger partial charge on any atom is 0.278 e. The van der Waals surface area contributed by atoms with Gasteiger partial charge in [0.1, 0.15) is 29.2 Å². The van der Waals surface area contributed by atoms with E-state index in [1.54, 1.807) is 35.9 Å². The topological polar surface area (TPSA) is 124 Å². The summed E-state index contributed by atoms with van der Waals surface area (Å²) >= 11 is 6.33. The Hall–Kier alpha value is -4.07. The third kappa shape index (κ3) is 2.95. The quantitative estimate of drug-likeness (QED) is 0.380. The van der Waals surface area contributed by atoms with Gasteiger partial charge in [-0.1, -0.05) is 22.8 Å². The molecular weight excluding hydrogens is 458 g/mol. The molecule has 0 amide bonds. The molecular formula is C23H16ClN7O3. The predicted molar refractivity (Wildman–Crippen MR) is 121 cm³/mol. The highest BCUT2D eigenvalue weighted by atomic mass is 35.5. The average Bonchev–Trinajstić information content (AvgIpc) is 3.28. The van der Waals surface area contributed by atoms with Crippen LogP contribution in [-0.2, 0) is 16.9 Å². The third-order valence-corrected chi connectivity index (χ3v) is 6.45. The van der Waals surface area contributed by atoms with Gasteiger partial charge in [0.25, 0.3) is 11.4 Å². The van der Waals surface area contributed by atoms with E-state index in [0.717, 1.165) is 12.8 Å². The first-order valence-electron chi connectivity index (χ1n) is 10.5. The smallest absolute Gasteiger partial charge is 0.278 e. The van der Waals surface area contributed by atoms with Crippen LogP contribution in [0.1, 0.15) is 30.0 Å². The van der Waals surface area contributed by atoms with Crippen molar-refractivity contribution in [3.63, 3.8) is 0 Å². The van der Waals surface area contributed by atoms with Crippen molar-refractivity contribution in [3.8, 4) is 17.6 Å². The van der Waals surface area contributed by atoms with Crippen LogP contribution in [-0.4, -0.2) is 36.2 Å². The molecule has 1 saturated carbocycles. The molecule has 0 aliphatic heterocycles. The standard InChI is InChI=1S/C23H16ClN7O3/c1-33-23(7-8-23)22-28-20(29-34-22)17-19-21(32)30(11-13-4-2-3-9-26-13)18-14(10-25)15(24)5-6-16(18)31(19)12-27-17/h2-6,9,12H,7-8,11H2,1H3. The zero-order chi connectivity index (χ0) is 23.4. The van der Waals surface area contributed by atoms with E-state index in [0.29, 0.717) is 22.6 Å². The first-order chi connectivity index (χ1) is 16.6. The molecule has 34 heavy (non-hydrogen) atoms. The van der Waals surface area contributed by atoms with Crippen LogP contribution in [0.5, 0.6) is 0 Å². The minimum Gasteiger partial charge on any atom is -0.368 e. The number of rotatable bonds is 5. The number of aromatic nitrogens is 6. The van der Waals surface area contributed by atoms with Crippen molar-refractivity contribution in [3.05, 3.63) is 75.4 Å². The van der Waals surface area contributed by atoms with E-state index < -0.39 is 5.60 Å². The van der Waals surface area contributed by atoms with Gasteiger partial charge in [0, 0.05) is 13.3 Å². The summed E-state index contributed by atoms with van der Waals surface area (Å²) in [7, 11) is 1.60. The molecule has 0 radical (unpaired) electrons. The predicted octanol–water partition coefficient (Wildman–Crippen LogP) is 3.30. The summed E-state index contributed by atoms with van der Waals surface area (Å²) in [5.41, 5.74) is 1.41. The van der Waals surface area contributed by atoms with Crippen molar-refractivity contribution >= 4 is 28.2 Å². The van der Waals surface area contributed by atoms with Crippen LogP contribution < -0.4 is 5.56 Å². The molecule has 0 N–H and O–H groups in total. The Morgan fingerprint density at radius 2 is 2.09 bits per heavy atom. The molecule has 4 aromatic heterocycles. The van der Waals surface area contributed by atoms with E-state index >= 15 is 0 Å². The summed E-state index contributed by atoms with van der Waals surface area (Å²) in [5, 5.41) is 14.1. The molecule has 5 aromatic rings. The molecule has 1 aliphatic carbocycles. The van der Waals surface area contributed by atoms with Gasteiger partial charge in [-0.15, -0.1) is 0 Å². The molecule has 0 unspecified atom stereocenters. The second kappa shape index (κ2) is 7.48. The fourth-order valence-corrected chi connectivity index (χ4v) is 4.38. The normalized spacial score (nSPS) is 14.5. The van der Waals surface area contributed by atoms with E-state index in [9.17, 15) is 10.1 Å². The highest BCUT2D eigenvalue weighted by Gasteiger charge is 2.50. The number of halogens is 1. The number of ether oxygens (including phenoxy) is 1. The summed E-state index contributed by atoms with van der Waals surface area (Å²) in [5.74, 6) is 0.551. The lowest BCUT2D eigenvalue weighted by Crippen LogP contribution is -2.25. The molecule has 0 spiro atoms. The van der Waals surface area contributed by atoms with E-state index in [-0.39, 0.29) is 39.7 Å². The van der Waals surface area contributed by atoms with Crippen LogP contribution in [0.25, 0.3) is 28.1 Å². The number of imidazole rings is 1. The van der Waals surface area contributed by atoms with Crippen LogP contribution >= 0.6 is 11.6 Å². The third-order valence-electron chi connectivity index (χ3n) is 6.13. The fourth-order valence-electron chi connectivity index (χ4n) is 4.19. The highest BCUT2D eigenvalue weighted by molar-refractivity contribution is 6.32. The molecule has 6 rings (SSSR count). The number of hydrogen-bond donors (Lipinski definition) is 0. The summed E-state index contributed by atoms with van der Waals surface area (Å²) in [6, 6.07) is 10.9. The number of benzene rings is 1. The summed E-state index contributed by atoms with van der Waals surface area (Å²) in [6.07, 6.45) is 4.73. The van der Waals surface area contributed by atoms with Gasteiger partial charge in [0.15, 0.2) is 0 Å². The van der Waals surface area contributed by atoms with Crippen molar-refractivity contribution in [1.82, 2.24) is 29.1 Å². The van der Waals surface area contributed by atoms with Gasteiger partial charge in [0.2, 0.25) is 5.82 Å². The molecule has 0 atom stereocenters. The van der Waals surface area contributed by atoms with E-state index in [4.69, 9.17) is 20.9 Å². The molecule has 4 heterocycles. The van der Waals surface area contributed by atoms with Crippen LogP contribution in [0.3, 0.4) is 0 Å². The van der Waals surface area contributed by atoms with E-state index in [2.05, 4.69) is 26.2 Å². The molecule has 1 fully saturated rings. The maximum absolute atomic E-state index is 13.9. The minimum absolute atomic E-state index is 0.136. The molecule has 1 aromatic carbocycles. The van der Waals surface area contributed by atoms with Crippen LogP contribution in [0.2, 0.25) is 5.02 Å². The lowest BCUT2D eigenvalue weighted by molar-refractivity contribution is 0.0492. The first-order valence-corrected chi connectivity index (χ1v) is 10.9. The summed E-state index contributed by atoms with van der Waals surface area (Å²) < 4.78 is 14.1. The fraction of sp³-hybridized carbons (Fsp3) is 0.217. The van der Waals surface area contributed by atoms with E-state index in [1.165, 1.54) is 10.9 Å². The number of nitriles is 1. The Labute approximate surface area is 197 Å². The minimum atomic E-state index is -0.564. The van der Waals surface area contributed by atoms with Gasteiger partial charge in [-0.25, -0.2) is 4.98 Å². The Balaban J connectivity index is 1.64. The first kappa shape index (κ1) is 20.5. The van der Waals surface area contributed by atoms with E-state index in [1.807, 2.05) is 12.1 Å². The van der Waals surface area contributed by atoms with Crippen molar-refractivity contribution in [2.45, 2.75) is 25.0 Å². The molecule has 168 valence electrons. The average molecular weight is 474 g/mol. The molecule has 11 heteroatoms. The zero-order valence-corrected chi connectivity index (χ0v) is 18.7. The van der Waals surface area contributed by atoms with Crippen molar-refractivity contribution in [1.29, 1.82) is 5.26 Å². The van der Waals surface area contributed by atoms with Gasteiger partial charge in [0.05, 0.1) is 33.9 Å². The second-order valence-electron chi connectivity index (χ2n) is 8.05. The molecule has 0 saturated heterocycles. The van der Waals surface area contributed by atoms with Crippen LogP contribution in [0, 0.1) is 11.3 Å². The second-order valence-corrected chi connectivity index (χ2v) is 8.45. The van der Waals surface area contributed by atoms with Gasteiger partial charge in [-0.2, -0.15) is 10.2 Å². The highest BCUT2D eigenvalue weighted by Crippen LogP contribution is 2.48. The number of methoxy groups -OCH3 is 1. The number of fused-ring (bicyclic) bond motifs is 3. The lowest BCUT2D eigenvalue weighted by Gasteiger charge is -2.14. The number of pyridine rings is 1. The van der Waals surface area contributed by atoms with Crippen LogP contribution in [0.15, 0.2) is 52.2 Å². The summed E-state index contributed by atoms with van der Waals surface area (Å²) in [4.78, 5) is 27.1. The van der Waals surface area contributed by atoms with Gasteiger partial charge >= 0.3 is 0 Å². The van der Waals surface area contributed by atoms with Crippen molar-refractivity contribution in [2.24, 2.45) is 0 Å². The van der Waals surface area contributed by atoms with Crippen molar-refractivity contribution in [2.75, 3.05) is 7.11 Å². The Kier molecular flexibility index (Phi) is 4.52. The van der Waals surface area contributed by atoms with Gasteiger partial charge in [-0.05, 0) is 37.1 Å².